The average Bonchev–Trinajstić information content (AvgIpc) is 3.05. The summed E-state index contributed by atoms with van der Waals surface area (Å²) in [5, 5.41) is 10.2. The number of imidazole rings is 1. The first-order chi connectivity index (χ1) is 11.7. The molecule has 1 unspecified atom stereocenters. The van der Waals surface area contributed by atoms with Crippen LogP contribution in [0.15, 0.2) is 61.2 Å². The molecule has 124 valence electrons. The third-order valence-corrected chi connectivity index (χ3v) is 3.57. The molecule has 0 amide bonds. The quantitative estimate of drug-likeness (QED) is 0.725. The summed E-state index contributed by atoms with van der Waals surface area (Å²) in [7, 11) is 0. The van der Waals surface area contributed by atoms with Crippen molar-refractivity contribution in [1.29, 1.82) is 0 Å². The van der Waals surface area contributed by atoms with Crippen molar-refractivity contribution in [3.05, 3.63) is 72.6 Å². The predicted molar refractivity (Wildman–Crippen MR) is 87.5 cm³/mol. The highest BCUT2D eigenvalue weighted by Crippen LogP contribution is 2.16. The molecule has 24 heavy (non-hydrogen) atoms. The molecule has 0 bridgehead atoms. The first kappa shape index (κ1) is 16.3. The van der Waals surface area contributed by atoms with E-state index in [1.807, 2.05) is 16.7 Å². The van der Waals surface area contributed by atoms with E-state index in [0.717, 1.165) is 11.4 Å². The second-order valence-electron chi connectivity index (χ2n) is 5.41. The Morgan fingerprint density at radius 1 is 1.17 bits per heavy atom. The van der Waals surface area contributed by atoms with Gasteiger partial charge >= 0.3 is 0 Å². The van der Waals surface area contributed by atoms with Crippen LogP contribution in [0.2, 0.25) is 0 Å². The molecule has 0 fully saturated rings. The maximum Gasteiger partial charge on any atom is 0.141 e. The molecule has 1 aromatic carbocycles. The predicted octanol–water partition coefficient (Wildman–Crippen LogP) is 2.66. The van der Waals surface area contributed by atoms with Crippen LogP contribution in [0, 0.1) is 5.82 Å². The van der Waals surface area contributed by atoms with Gasteiger partial charge in [0, 0.05) is 35.9 Å². The van der Waals surface area contributed by atoms with Crippen LogP contribution in [0.5, 0.6) is 0 Å². The van der Waals surface area contributed by atoms with Gasteiger partial charge in [0.05, 0.1) is 25.9 Å². The van der Waals surface area contributed by atoms with E-state index in [0.29, 0.717) is 12.1 Å². The molecule has 0 radical (unpaired) electrons. The van der Waals surface area contributed by atoms with Crippen LogP contribution in [-0.4, -0.2) is 32.4 Å². The van der Waals surface area contributed by atoms with Gasteiger partial charge in [-0.1, -0.05) is 18.2 Å². The SMILES string of the molecule is OC(COCc1ccccc1F)Cn1ccnc1-c1cccnc1. The first-order valence-corrected chi connectivity index (χ1v) is 7.65. The van der Waals surface area contributed by atoms with Crippen LogP contribution in [-0.2, 0) is 17.9 Å². The van der Waals surface area contributed by atoms with Crippen molar-refractivity contribution in [2.45, 2.75) is 19.3 Å². The molecular weight excluding hydrogens is 309 g/mol. The number of ether oxygens (including phenoxy) is 1. The lowest BCUT2D eigenvalue weighted by Gasteiger charge is -2.14. The fraction of sp³-hybridized carbons (Fsp3) is 0.222. The van der Waals surface area contributed by atoms with Gasteiger partial charge < -0.3 is 14.4 Å². The number of aliphatic hydroxyl groups is 1. The van der Waals surface area contributed by atoms with Gasteiger partial charge in [-0.25, -0.2) is 9.37 Å². The van der Waals surface area contributed by atoms with E-state index < -0.39 is 6.10 Å². The summed E-state index contributed by atoms with van der Waals surface area (Å²) >= 11 is 0. The Kier molecular flexibility index (Phi) is 5.30. The molecule has 0 spiro atoms. The lowest BCUT2D eigenvalue weighted by Crippen LogP contribution is -2.22. The molecule has 0 saturated heterocycles. The minimum atomic E-state index is -0.721. The van der Waals surface area contributed by atoms with Gasteiger partial charge in [-0.05, 0) is 18.2 Å². The van der Waals surface area contributed by atoms with Gasteiger partial charge in [0.15, 0.2) is 0 Å². The van der Waals surface area contributed by atoms with Gasteiger partial charge in [0.25, 0.3) is 0 Å². The molecule has 2 aromatic heterocycles. The second kappa shape index (κ2) is 7.81. The minimum absolute atomic E-state index is 0.110. The highest BCUT2D eigenvalue weighted by molar-refractivity contribution is 5.53. The number of halogens is 1. The third kappa shape index (κ3) is 4.04. The van der Waals surface area contributed by atoms with Crippen molar-refractivity contribution in [2.75, 3.05) is 6.61 Å². The molecule has 2 heterocycles. The van der Waals surface area contributed by atoms with Crippen molar-refractivity contribution in [2.24, 2.45) is 0 Å². The Hall–Kier alpha value is -2.57. The van der Waals surface area contributed by atoms with E-state index in [4.69, 9.17) is 4.74 Å². The molecule has 0 saturated carbocycles. The summed E-state index contributed by atoms with van der Waals surface area (Å²) in [6, 6.07) is 10.2. The van der Waals surface area contributed by atoms with E-state index in [1.54, 1.807) is 43.0 Å². The number of hydrogen-bond donors (Lipinski definition) is 1. The zero-order valence-electron chi connectivity index (χ0n) is 13.0. The third-order valence-electron chi connectivity index (χ3n) is 3.57. The van der Waals surface area contributed by atoms with Crippen molar-refractivity contribution in [3.8, 4) is 11.4 Å². The zero-order valence-corrected chi connectivity index (χ0v) is 13.0. The normalized spacial score (nSPS) is 12.2. The van der Waals surface area contributed by atoms with E-state index in [2.05, 4.69) is 9.97 Å². The summed E-state index contributed by atoms with van der Waals surface area (Å²) in [5.74, 6) is 0.428. The van der Waals surface area contributed by atoms with Crippen LogP contribution >= 0.6 is 0 Å². The van der Waals surface area contributed by atoms with Gasteiger partial charge in [-0.2, -0.15) is 0 Å². The van der Waals surface area contributed by atoms with Crippen molar-refractivity contribution >= 4 is 0 Å². The molecule has 0 aliphatic heterocycles. The molecular formula is C18H18FN3O2. The number of aromatic nitrogens is 3. The molecule has 3 aromatic rings. The van der Waals surface area contributed by atoms with E-state index >= 15 is 0 Å². The molecule has 0 aliphatic carbocycles. The summed E-state index contributed by atoms with van der Waals surface area (Å²) < 4.78 is 20.8. The number of benzene rings is 1. The van der Waals surface area contributed by atoms with Gasteiger partial charge in [0.2, 0.25) is 0 Å². The smallest absolute Gasteiger partial charge is 0.141 e. The second-order valence-corrected chi connectivity index (χ2v) is 5.41. The number of hydrogen-bond acceptors (Lipinski definition) is 4. The largest absolute Gasteiger partial charge is 0.389 e. The Labute approximate surface area is 139 Å². The molecule has 1 atom stereocenters. The lowest BCUT2D eigenvalue weighted by molar-refractivity contribution is 0.0196. The van der Waals surface area contributed by atoms with Crippen LogP contribution in [0.25, 0.3) is 11.4 Å². The Morgan fingerprint density at radius 3 is 2.83 bits per heavy atom. The molecule has 5 nitrogen and oxygen atoms in total. The average molecular weight is 327 g/mol. The van der Waals surface area contributed by atoms with Crippen LogP contribution in [0.3, 0.4) is 0 Å². The highest BCUT2D eigenvalue weighted by atomic mass is 19.1. The summed E-state index contributed by atoms with van der Waals surface area (Å²) in [6.45, 7) is 0.573. The van der Waals surface area contributed by atoms with Crippen molar-refractivity contribution in [3.63, 3.8) is 0 Å². The van der Waals surface area contributed by atoms with Crippen LogP contribution in [0.1, 0.15) is 5.56 Å². The van der Waals surface area contributed by atoms with E-state index in [1.165, 1.54) is 6.07 Å². The minimum Gasteiger partial charge on any atom is -0.389 e. The maximum absolute atomic E-state index is 13.5. The summed E-state index contributed by atoms with van der Waals surface area (Å²) in [4.78, 5) is 8.38. The van der Waals surface area contributed by atoms with Crippen LogP contribution in [0.4, 0.5) is 4.39 Å². The van der Waals surface area contributed by atoms with Crippen molar-refractivity contribution in [1.82, 2.24) is 14.5 Å². The van der Waals surface area contributed by atoms with Gasteiger partial charge in [-0.15, -0.1) is 0 Å². The highest BCUT2D eigenvalue weighted by Gasteiger charge is 2.11. The van der Waals surface area contributed by atoms with Crippen LogP contribution < -0.4 is 0 Å². The Bertz CT molecular complexity index is 777. The number of nitrogens with zero attached hydrogens (tertiary/aromatic N) is 3. The monoisotopic (exact) mass is 327 g/mol. The topological polar surface area (TPSA) is 60.2 Å². The molecule has 3 rings (SSSR count). The molecule has 1 N–H and O–H groups in total. The summed E-state index contributed by atoms with van der Waals surface area (Å²) in [5.41, 5.74) is 1.35. The fourth-order valence-electron chi connectivity index (χ4n) is 2.41. The first-order valence-electron chi connectivity index (χ1n) is 7.65. The van der Waals surface area contributed by atoms with E-state index in [-0.39, 0.29) is 19.0 Å². The van der Waals surface area contributed by atoms with Gasteiger partial charge in [-0.3, -0.25) is 4.98 Å². The van der Waals surface area contributed by atoms with Gasteiger partial charge in [0.1, 0.15) is 11.6 Å². The Balaban J connectivity index is 1.55. The van der Waals surface area contributed by atoms with Crippen molar-refractivity contribution < 1.29 is 14.2 Å². The standard InChI is InChI=1S/C18H18FN3O2/c19-17-6-2-1-4-15(17)12-24-13-16(23)11-22-9-8-21-18(22)14-5-3-7-20-10-14/h1-10,16,23H,11-13H2. The lowest BCUT2D eigenvalue weighted by atomic mass is 10.2. The number of pyridine rings is 1. The maximum atomic E-state index is 13.5. The van der Waals surface area contributed by atoms with E-state index in [9.17, 15) is 9.50 Å². The molecule has 0 aliphatic rings. The number of aliphatic hydroxyl groups excluding tert-OH is 1. The number of rotatable bonds is 7. The zero-order chi connectivity index (χ0) is 16.8. The summed E-state index contributed by atoms with van der Waals surface area (Å²) in [6.07, 6.45) is 6.17. The fourth-order valence-corrected chi connectivity index (χ4v) is 2.41. The Morgan fingerprint density at radius 2 is 2.04 bits per heavy atom. The molecule has 6 heteroatoms.